The van der Waals surface area contributed by atoms with Crippen molar-refractivity contribution in [3.8, 4) is 17.0 Å². The molecule has 2 aliphatic heterocycles. The Bertz CT molecular complexity index is 1440. The zero-order valence-electron chi connectivity index (χ0n) is 23.4. The lowest BCUT2D eigenvalue weighted by molar-refractivity contribution is -0.274. The topological polar surface area (TPSA) is 109 Å². The summed E-state index contributed by atoms with van der Waals surface area (Å²) in [5.74, 6) is -1.15. The fraction of sp³-hybridized carbons (Fsp3) is 0.500. The summed E-state index contributed by atoms with van der Waals surface area (Å²) >= 11 is 1.38. The number of nitrogens with zero attached hydrogens (tertiary/aromatic N) is 5. The van der Waals surface area contributed by atoms with E-state index in [9.17, 15) is 27.9 Å². The second-order valence-electron chi connectivity index (χ2n) is 10.9. The number of aromatic nitrogens is 3. The van der Waals surface area contributed by atoms with Gasteiger partial charge in [-0.2, -0.15) is 0 Å². The van der Waals surface area contributed by atoms with E-state index in [0.29, 0.717) is 66.2 Å². The molecular weight excluding hydrogens is 583 g/mol. The number of carboxylic acids is 1. The molecule has 0 saturated carbocycles. The lowest BCUT2D eigenvalue weighted by atomic mass is 9.97. The van der Waals surface area contributed by atoms with Gasteiger partial charge in [0.05, 0.1) is 30.4 Å². The van der Waals surface area contributed by atoms with Crippen LogP contribution in [-0.2, 0) is 17.8 Å². The molecule has 0 amide bonds. The highest BCUT2D eigenvalue weighted by molar-refractivity contribution is 7.12. The average Bonchev–Trinajstić information content (AvgIpc) is 3.53. The van der Waals surface area contributed by atoms with Crippen LogP contribution in [0.5, 0.6) is 5.75 Å². The minimum absolute atomic E-state index is 0. The first-order valence-electron chi connectivity index (χ1n) is 13.9. The van der Waals surface area contributed by atoms with Crippen LogP contribution >= 0.6 is 11.3 Å². The van der Waals surface area contributed by atoms with E-state index < -0.39 is 12.3 Å². The smallest absolute Gasteiger partial charge is 0.481 e. The number of ketones is 1. The number of ether oxygens (including phenoxy) is 1. The van der Waals surface area contributed by atoms with Crippen molar-refractivity contribution in [1.29, 1.82) is 0 Å². The Kier molecular flexibility index (Phi) is 10.1. The van der Waals surface area contributed by atoms with Crippen molar-refractivity contribution in [2.45, 2.75) is 72.3 Å². The van der Waals surface area contributed by atoms with Gasteiger partial charge in [-0.15, -0.1) is 24.5 Å². The van der Waals surface area contributed by atoms with Gasteiger partial charge in [0.25, 0.3) is 0 Å². The van der Waals surface area contributed by atoms with Gasteiger partial charge in [-0.1, -0.05) is 7.43 Å². The Hall–Kier alpha value is -3.58. The molecule has 9 nitrogen and oxygen atoms in total. The Morgan fingerprint density at radius 1 is 1.09 bits per heavy atom. The number of alkyl halides is 3. The maximum absolute atomic E-state index is 13.2. The third kappa shape index (κ3) is 8.08. The van der Waals surface area contributed by atoms with Crippen LogP contribution in [0.3, 0.4) is 0 Å². The quantitative estimate of drug-likeness (QED) is 0.282. The number of hydrogen-bond donors (Lipinski definition) is 1. The standard InChI is InChI=1S/C29H32F3N5O4S.CH4/c1-17-10-20(12-21(11-17)41-29(30,31)32)27-24(16-37-7-3-4-18(37)2)42-26(35-27)13-23(38)22-14-34-25(15-33-22)36-8-5-19(6-9-36)28(39)40;/h10-12,14-15,18-19H,3-9,13,16H2,1-2H3,(H,39,40);1H4/t18-;/m1./s1. The van der Waals surface area contributed by atoms with Gasteiger partial charge < -0.3 is 14.7 Å². The number of likely N-dealkylation sites (tertiary alicyclic amines) is 1. The third-order valence-electron chi connectivity index (χ3n) is 7.74. The minimum atomic E-state index is -4.82. The monoisotopic (exact) mass is 619 g/mol. The molecule has 13 heteroatoms. The molecule has 1 atom stereocenters. The highest BCUT2D eigenvalue weighted by Crippen LogP contribution is 2.35. The molecule has 0 radical (unpaired) electrons. The summed E-state index contributed by atoms with van der Waals surface area (Å²) < 4.78 is 43.1. The summed E-state index contributed by atoms with van der Waals surface area (Å²) in [5.41, 5.74) is 1.83. The molecule has 232 valence electrons. The van der Waals surface area contributed by atoms with E-state index in [1.165, 1.54) is 35.9 Å². The molecule has 43 heavy (non-hydrogen) atoms. The predicted octanol–water partition coefficient (Wildman–Crippen LogP) is 6.15. The Balaban J connectivity index is 0.00000423. The Labute approximate surface area is 252 Å². The molecule has 0 unspecified atom stereocenters. The molecule has 3 aromatic rings. The van der Waals surface area contributed by atoms with Crippen molar-refractivity contribution in [2.24, 2.45) is 5.92 Å². The first-order chi connectivity index (χ1) is 19.9. The molecule has 0 aliphatic carbocycles. The summed E-state index contributed by atoms with van der Waals surface area (Å²) in [5, 5.41) is 9.75. The van der Waals surface area contributed by atoms with Crippen LogP contribution in [0, 0.1) is 12.8 Å². The van der Waals surface area contributed by atoms with Crippen molar-refractivity contribution in [3.05, 3.63) is 51.7 Å². The van der Waals surface area contributed by atoms with E-state index in [2.05, 4.69) is 26.5 Å². The third-order valence-corrected chi connectivity index (χ3v) is 8.78. The number of halogens is 3. The van der Waals surface area contributed by atoms with Crippen LogP contribution in [0.2, 0.25) is 0 Å². The van der Waals surface area contributed by atoms with Crippen molar-refractivity contribution < 1.29 is 32.6 Å². The maximum atomic E-state index is 13.2. The normalized spacial score (nSPS) is 18.0. The van der Waals surface area contributed by atoms with E-state index in [0.717, 1.165) is 24.3 Å². The summed E-state index contributed by atoms with van der Waals surface area (Å²) in [7, 11) is 0. The van der Waals surface area contributed by atoms with Crippen LogP contribution < -0.4 is 9.64 Å². The van der Waals surface area contributed by atoms with E-state index >= 15 is 0 Å². The number of aliphatic carboxylic acids is 1. The zero-order valence-corrected chi connectivity index (χ0v) is 24.2. The fourth-order valence-electron chi connectivity index (χ4n) is 5.51. The largest absolute Gasteiger partial charge is 0.573 e. The second kappa shape index (κ2) is 13.4. The molecule has 2 saturated heterocycles. The number of thiazole rings is 1. The zero-order chi connectivity index (χ0) is 30.0. The highest BCUT2D eigenvalue weighted by atomic mass is 32.1. The average molecular weight is 620 g/mol. The molecule has 1 aromatic carbocycles. The summed E-state index contributed by atoms with van der Waals surface area (Å²) in [6.07, 6.45) is 1.29. The lowest BCUT2D eigenvalue weighted by Gasteiger charge is -2.30. The predicted molar refractivity (Wildman–Crippen MR) is 157 cm³/mol. The van der Waals surface area contributed by atoms with Gasteiger partial charge in [0.15, 0.2) is 5.78 Å². The van der Waals surface area contributed by atoms with Gasteiger partial charge in [-0.3, -0.25) is 14.5 Å². The molecular formula is C30H36F3N5O4S. The number of carboxylic acid groups (broad SMARTS) is 1. The molecule has 0 spiro atoms. The van der Waals surface area contributed by atoms with Gasteiger partial charge in [0.1, 0.15) is 22.3 Å². The lowest BCUT2D eigenvalue weighted by Crippen LogP contribution is -2.36. The van der Waals surface area contributed by atoms with Crippen LogP contribution in [0.15, 0.2) is 30.6 Å². The fourth-order valence-corrected chi connectivity index (χ4v) is 6.63. The number of anilines is 1. The summed E-state index contributed by atoms with van der Waals surface area (Å²) in [6, 6.07) is 4.80. The van der Waals surface area contributed by atoms with E-state index in [1.807, 2.05) is 4.90 Å². The highest BCUT2D eigenvalue weighted by Gasteiger charge is 2.32. The van der Waals surface area contributed by atoms with Gasteiger partial charge in [0, 0.05) is 36.1 Å². The molecule has 0 bridgehead atoms. The van der Waals surface area contributed by atoms with Crippen LogP contribution in [-0.4, -0.2) is 68.7 Å². The van der Waals surface area contributed by atoms with E-state index in [-0.39, 0.29) is 37.0 Å². The second-order valence-corrected chi connectivity index (χ2v) is 12.1. The van der Waals surface area contributed by atoms with Crippen LogP contribution in [0.1, 0.15) is 66.0 Å². The van der Waals surface area contributed by atoms with E-state index in [4.69, 9.17) is 4.98 Å². The molecule has 2 fully saturated rings. The van der Waals surface area contributed by atoms with Gasteiger partial charge >= 0.3 is 12.3 Å². The van der Waals surface area contributed by atoms with Crippen molar-refractivity contribution in [2.75, 3.05) is 24.5 Å². The van der Waals surface area contributed by atoms with Crippen molar-refractivity contribution >= 4 is 28.9 Å². The minimum Gasteiger partial charge on any atom is -0.481 e. The Morgan fingerprint density at radius 3 is 2.44 bits per heavy atom. The molecule has 4 heterocycles. The van der Waals surface area contributed by atoms with Crippen LogP contribution in [0.25, 0.3) is 11.3 Å². The number of rotatable bonds is 9. The number of Topliss-reactive ketones (excluding diaryl/α,β-unsaturated/α-hetero) is 1. The number of carbonyl (C=O) groups is 2. The van der Waals surface area contributed by atoms with Crippen molar-refractivity contribution in [1.82, 2.24) is 19.9 Å². The number of aryl methyl sites for hydroxylation is 1. The number of benzene rings is 1. The molecule has 2 aliphatic rings. The maximum Gasteiger partial charge on any atom is 0.573 e. The van der Waals surface area contributed by atoms with Gasteiger partial charge in [0.2, 0.25) is 0 Å². The molecule has 5 rings (SSSR count). The number of piperidine rings is 1. The van der Waals surface area contributed by atoms with Crippen LogP contribution in [0.4, 0.5) is 19.0 Å². The summed E-state index contributed by atoms with van der Waals surface area (Å²) in [6.45, 7) is 6.44. The van der Waals surface area contributed by atoms with Gasteiger partial charge in [-0.25, -0.2) is 15.0 Å². The van der Waals surface area contributed by atoms with E-state index in [1.54, 1.807) is 13.0 Å². The van der Waals surface area contributed by atoms with Gasteiger partial charge in [-0.05, 0) is 69.8 Å². The first kappa shape index (κ1) is 32.3. The Morgan fingerprint density at radius 2 is 1.84 bits per heavy atom. The van der Waals surface area contributed by atoms with Crippen molar-refractivity contribution in [3.63, 3.8) is 0 Å². The first-order valence-corrected chi connectivity index (χ1v) is 14.7. The SMILES string of the molecule is C.Cc1cc(OC(F)(F)F)cc(-c2nc(CC(=O)c3cnc(N4CCC(C(=O)O)CC4)cn3)sc2CN2CCC[C@H]2C)c1. The number of carbonyl (C=O) groups excluding carboxylic acids is 1. The molecule has 2 aromatic heterocycles. The summed E-state index contributed by atoms with van der Waals surface area (Å²) in [4.78, 5) is 43.0. The number of hydrogen-bond acceptors (Lipinski definition) is 9. The molecule has 1 N–H and O–H groups in total.